The number of nitro benzene ring substituents is 1. The summed E-state index contributed by atoms with van der Waals surface area (Å²) in [6.45, 7) is 6.54. The Hall–Kier alpha value is -3.19. The van der Waals surface area contributed by atoms with E-state index < -0.39 is 0 Å². The predicted molar refractivity (Wildman–Crippen MR) is 109 cm³/mol. The number of rotatable bonds is 5. The molecule has 0 atom stereocenters. The number of nitro groups is 1. The van der Waals surface area contributed by atoms with Gasteiger partial charge in [-0.1, -0.05) is 29.8 Å². The molecule has 2 aromatic carbocycles. The fraction of sp³-hybridized carbons (Fsp3) is 0.286. The highest BCUT2D eigenvalue weighted by atomic mass is 16.6. The van der Waals surface area contributed by atoms with E-state index in [9.17, 15) is 10.1 Å². The van der Waals surface area contributed by atoms with E-state index in [2.05, 4.69) is 50.5 Å². The molecule has 0 bridgehead atoms. The Morgan fingerprint density at radius 1 is 1.00 bits per heavy atom. The third-order valence-corrected chi connectivity index (χ3v) is 5.14. The van der Waals surface area contributed by atoms with E-state index in [0.29, 0.717) is 0 Å². The number of aromatic nitrogens is 2. The van der Waals surface area contributed by atoms with Crippen LogP contribution in [0.15, 0.2) is 60.9 Å². The van der Waals surface area contributed by atoms with Gasteiger partial charge in [-0.15, -0.1) is 0 Å². The second-order valence-corrected chi connectivity index (χ2v) is 7.12. The van der Waals surface area contributed by atoms with Crippen molar-refractivity contribution in [1.82, 2.24) is 14.5 Å². The Balaban J connectivity index is 1.39. The van der Waals surface area contributed by atoms with Crippen LogP contribution >= 0.6 is 0 Å². The summed E-state index contributed by atoms with van der Waals surface area (Å²) < 4.78 is 2.13. The lowest BCUT2D eigenvalue weighted by Crippen LogP contribution is -2.46. The number of aryl methyl sites for hydroxylation is 1. The van der Waals surface area contributed by atoms with Crippen LogP contribution in [-0.2, 0) is 6.54 Å². The lowest BCUT2D eigenvalue weighted by Gasteiger charge is -2.35. The van der Waals surface area contributed by atoms with Crippen molar-refractivity contribution in [2.24, 2.45) is 0 Å². The van der Waals surface area contributed by atoms with Gasteiger partial charge in [-0.25, -0.2) is 4.98 Å². The van der Waals surface area contributed by atoms with E-state index in [1.165, 1.54) is 5.56 Å². The molecule has 0 N–H and O–H groups in total. The van der Waals surface area contributed by atoms with Crippen LogP contribution in [0.4, 0.5) is 11.6 Å². The number of imidazole rings is 1. The summed E-state index contributed by atoms with van der Waals surface area (Å²) in [5, 5.41) is 10.8. The molecule has 1 aliphatic heterocycles. The number of benzene rings is 2. The predicted octanol–water partition coefficient (Wildman–Crippen LogP) is 3.41. The summed E-state index contributed by atoms with van der Waals surface area (Å²) in [6.07, 6.45) is 3.85. The standard InChI is InChI=1S/C21H23N5O2/c1-17-2-6-19(7-3-17)25-11-10-22-21(25)24-14-12-23(13-15-24)16-18-4-8-20(9-5-18)26(27)28/h2-11H,12-16H2,1H3. The lowest BCUT2D eigenvalue weighted by molar-refractivity contribution is -0.384. The van der Waals surface area contributed by atoms with Crippen LogP contribution in [0.3, 0.4) is 0 Å². The van der Waals surface area contributed by atoms with Gasteiger partial charge in [-0.05, 0) is 24.6 Å². The minimum absolute atomic E-state index is 0.136. The molecular formula is C21H23N5O2. The molecule has 0 unspecified atom stereocenters. The van der Waals surface area contributed by atoms with Gasteiger partial charge in [0.2, 0.25) is 5.95 Å². The van der Waals surface area contributed by atoms with Crippen LogP contribution in [0.2, 0.25) is 0 Å². The van der Waals surface area contributed by atoms with Crippen LogP contribution in [0, 0.1) is 17.0 Å². The summed E-state index contributed by atoms with van der Waals surface area (Å²) >= 11 is 0. The molecule has 0 aliphatic carbocycles. The topological polar surface area (TPSA) is 67.4 Å². The molecule has 0 amide bonds. The molecule has 2 heterocycles. The van der Waals surface area contributed by atoms with Gasteiger partial charge in [0.1, 0.15) is 0 Å². The second-order valence-electron chi connectivity index (χ2n) is 7.12. The van der Waals surface area contributed by atoms with Gasteiger partial charge in [0.05, 0.1) is 4.92 Å². The molecule has 7 nitrogen and oxygen atoms in total. The molecule has 1 aromatic heterocycles. The van der Waals surface area contributed by atoms with Crippen molar-refractivity contribution in [3.63, 3.8) is 0 Å². The fourth-order valence-electron chi connectivity index (χ4n) is 3.52. The van der Waals surface area contributed by atoms with Gasteiger partial charge in [-0.3, -0.25) is 19.6 Å². The highest BCUT2D eigenvalue weighted by molar-refractivity contribution is 5.45. The van der Waals surface area contributed by atoms with E-state index in [4.69, 9.17) is 0 Å². The Morgan fingerprint density at radius 2 is 1.68 bits per heavy atom. The van der Waals surface area contributed by atoms with Crippen molar-refractivity contribution >= 4 is 11.6 Å². The maximum absolute atomic E-state index is 10.8. The third kappa shape index (κ3) is 3.89. The molecule has 0 radical (unpaired) electrons. The number of anilines is 1. The average Bonchev–Trinajstić information content (AvgIpc) is 3.19. The highest BCUT2D eigenvalue weighted by Crippen LogP contribution is 2.21. The van der Waals surface area contributed by atoms with E-state index in [-0.39, 0.29) is 10.6 Å². The van der Waals surface area contributed by atoms with Crippen LogP contribution in [-0.4, -0.2) is 45.6 Å². The maximum Gasteiger partial charge on any atom is 0.269 e. The molecule has 28 heavy (non-hydrogen) atoms. The van der Waals surface area contributed by atoms with Crippen molar-refractivity contribution in [2.45, 2.75) is 13.5 Å². The first-order valence-electron chi connectivity index (χ1n) is 9.41. The van der Waals surface area contributed by atoms with E-state index in [0.717, 1.165) is 49.9 Å². The molecule has 0 saturated carbocycles. The average molecular weight is 377 g/mol. The maximum atomic E-state index is 10.8. The van der Waals surface area contributed by atoms with Crippen molar-refractivity contribution in [3.05, 3.63) is 82.2 Å². The lowest BCUT2D eigenvalue weighted by atomic mass is 10.2. The highest BCUT2D eigenvalue weighted by Gasteiger charge is 2.21. The smallest absolute Gasteiger partial charge is 0.269 e. The van der Waals surface area contributed by atoms with Crippen molar-refractivity contribution in [2.75, 3.05) is 31.1 Å². The Morgan fingerprint density at radius 3 is 2.32 bits per heavy atom. The summed E-state index contributed by atoms with van der Waals surface area (Å²) in [4.78, 5) is 19.7. The van der Waals surface area contributed by atoms with Gasteiger partial charge < -0.3 is 4.90 Å². The first-order valence-corrected chi connectivity index (χ1v) is 9.41. The fourth-order valence-corrected chi connectivity index (χ4v) is 3.52. The van der Waals surface area contributed by atoms with Crippen molar-refractivity contribution in [3.8, 4) is 5.69 Å². The van der Waals surface area contributed by atoms with Crippen LogP contribution in [0.1, 0.15) is 11.1 Å². The second kappa shape index (κ2) is 7.82. The molecule has 4 rings (SSSR count). The van der Waals surface area contributed by atoms with Crippen LogP contribution in [0.5, 0.6) is 0 Å². The Labute approximate surface area is 164 Å². The first-order chi connectivity index (χ1) is 13.6. The quantitative estimate of drug-likeness (QED) is 0.503. The Bertz CT molecular complexity index is 942. The summed E-state index contributed by atoms with van der Waals surface area (Å²) in [6, 6.07) is 15.3. The zero-order valence-corrected chi connectivity index (χ0v) is 15.9. The zero-order chi connectivity index (χ0) is 19.5. The summed E-state index contributed by atoms with van der Waals surface area (Å²) in [7, 11) is 0. The number of hydrogen-bond donors (Lipinski definition) is 0. The Kier molecular flexibility index (Phi) is 5.08. The largest absolute Gasteiger partial charge is 0.339 e. The van der Waals surface area contributed by atoms with E-state index in [1.54, 1.807) is 12.1 Å². The monoisotopic (exact) mass is 377 g/mol. The SMILES string of the molecule is Cc1ccc(-n2ccnc2N2CCN(Cc3ccc([N+](=O)[O-])cc3)CC2)cc1. The molecule has 1 aliphatic rings. The zero-order valence-electron chi connectivity index (χ0n) is 15.9. The molecular weight excluding hydrogens is 354 g/mol. The number of hydrogen-bond acceptors (Lipinski definition) is 5. The molecule has 7 heteroatoms. The van der Waals surface area contributed by atoms with Gasteiger partial charge in [-0.2, -0.15) is 0 Å². The van der Waals surface area contributed by atoms with Crippen LogP contribution in [0.25, 0.3) is 5.69 Å². The molecule has 1 fully saturated rings. The molecule has 1 saturated heterocycles. The molecule has 0 spiro atoms. The summed E-state index contributed by atoms with van der Waals surface area (Å²) in [5.41, 5.74) is 3.59. The van der Waals surface area contributed by atoms with E-state index >= 15 is 0 Å². The summed E-state index contributed by atoms with van der Waals surface area (Å²) in [5.74, 6) is 0.971. The van der Waals surface area contributed by atoms with Crippen molar-refractivity contribution < 1.29 is 4.92 Å². The van der Waals surface area contributed by atoms with Gasteiger partial charge in [0.25, 0.3) is 5.69 Å². The molecule has 144 valence electrons. The number of non-ortho nitro benzene ring substituents is 1. The molecule has 3 aromatic rings. The van der Waals surface area contributed by atoms with E-state index in [1.807, 2.05) is 24.5 Å². The van der Waals surface area contributed by atoms with Crippen molar-refractivity contribution in [1.29, 1.82) is 0 Å². The number of piperazine rings is 1. The third-order valence-electron chi connectivity index (χ3n) is 5.14. The number of nitrogens with zero attached hydrogens (tertiary/aromatic N) is 5. The van der Waals surface area contributed by atoms with Gasteiger partial charge in [0.15, 0.2) is 0 Å². The minimum Gasteiger partial charge on any atom is -0.339 e. The van der Waals surface area contributed by atoms with Gasteiger partial charge in [0, 0.05) is 62.9 Å². The van der Waals surface area contributed by atoms with Gasteiger partial charge >= 0.3 is 0 Å². The van der Waals surface area contributed by atoms with Crippen LogP contribution < -0.4 is 4.90 Å². The first kappa shape index (κ1) is 18.2. The normalized spacial score (nSPS) is 15.0. The minimum atomic E-state index is -0.362.